The molecule has 0 fully saturated rings. The van der Waals surface area contributed by atoms with Gasteiger partial charge in [0.25, 0.3) is 0 Å². The fourth-order valence-electron chi connectivity index (χ4n) is 1.60. The molecule has 0 aliphatic carbocycles. The van der Waals surface area contributed by atoms with Crippen molar-refractivity contribution in [2.24, 2.45) is 16.8 Å². The van der Waals surface area contributed by atoms with Crippen molar-refractivity contribution in [2.45, 2.75) is 20.8 Å². The average molecular weight is 300 g/mol. The molecule has 1 atom stereocenters. The van der Waals surface area contributed by atoms with Crippen molar-refractivity contribution in [2.75, 3.05) is 11.9 Å². The third kappa shape index (κ3) is 3.63. The van der Waals surface area contributed by atoms with E-state index in [1.165, 1.54) is 11.1 Å². The van der Waals surface area contributed by atoms with Crippen LogP contribution in [0.4, 0.5) is 5.69 Å². The molecule has 0 bridgehead atoms. The van der Waals surface area contributed by atoms with Gasteiger partial charge in [0.1, 0.15) is 5.84 Å². The molecule has 0 aliphatic rings. The number of amidine groups is 1. The SMILES string of the molecule is Cc1cc(C)c(NCC(C)C(N)=NO)c(Br)c1. The van der Waals surface area contributed by atoms with Crippen LogP contribution >= 0.6 is 15.9 Å². The Labute approximate surface area is 110 Å². The zero-order valence-electron chi connectivity index (χ0n) is 10.3. The predicted molar refractivity (Wildman–Crippen MR) is 74.7 cm³/mol. The van der Waals surface area contributed by atoms with Crippen LogP contribution in [0.5, 0.6) is 0 Å². The molecule has 0 spiro atoms. The van der Waals surface area contributed by atoms with Crippen molar-refractivity contribution in [1.82, 2.24) is 0 Å². The average Bonchev–Trinajstić information content (AvgIpc) is 2.26. The van der Waals surface area contributed by atoms with Gasteiger partial charge in [-0.05, 0) is 47.0 Å². The number of nitrogens with one attached hydrogen (secondary N) is 1. The Balaban J connectivity index is 2.76. The lowest BCUT2D eigenvalue weighted by atomic mass is 10.1. The molecule has 1 aromatic rings. The van der Waals surface area contributed by atoms with Gasteiger partial charge < -0.3 is 16.3 Å². The van der Waals surface area contributed by atoms with Crippen LogP contribution in [0.2, 0.25) is 0 Å². The molecule has 17 heavy (non-hydrogen) atoms. The van der Waals surface area contributed by atoms with Crippen LogP contribution in [0, 0.1) is 19.8 Å². The highest BCUT2D eigenvalue weighted by Gasteiger charge is 2.10. The Kier molecular flexibility index (Phi) is 4.81. The van der Waals surface area contributed by atoms with Gasteiger partial charge in [0.15, 0.2) is 0 Å². The third-order valence-corrected chi connectivity index (χ3v) is 3.26. The van der Waals surface area contributed by atoms with Gasteiger partial charge in [-0.2, -0.15) is 0 Å². The van der Waals surface area contributed by atoms with Gasteiger partial charge in [0.2, 0.25) is 0 Å². The molecule has 1 aromatic carbocycles. The summed E-state index contributed by atoms with van der Waals surface area (Å²) in [6.45, 7) is 6.63. The summed E-state index contributed by atoms with van der Waals surface area (Å²) in [6, 6.07) is 4.17. The number of nitrogens with two attached hydrogens (primary N) is 1. The number of rotatable bonds is 4. The summed E-state index contributed by atoms with van der Waals surface area (Å²) in [5, 5.41) is 14.9. The number of oxime groups is 1. The predicted octanol–water partition coefficient (Wildman–Crippen LogP) is 2.86. The summed E-state index contributed by atoms with van der Waals surface area (Å²) >= 11 is 3.53. The van der Waals surface area contributed by atoms with E-state index in [0.29, 0.717) is 6.54 Å². The van der Waals surface area contributed by atoms with E-state index in [9.17, 15) is 0 Å². The Bertz CT molecular complexity index is 409. The lowest BCUT2D eigenvalue weighted by Crippen LogP contribution is -2.27. The summed E-state index contributed by atoms with van der Waals surface area (Å²) in [5.74, 6) is 0.214. The molecule has 4 nitrogen and oxygen atoms in total. The lowest BCUT2D eigenvalue weighted by Gasteiger charge is -2.16. The number of benzene rings is 1. The highest BCUT2D eigenvalue weighted by atomic mass is 79.9. The van der Waals surface area contributed by atoms with Crippen LogP contribution in [0.25, 0.3) is 0 Å². The number of halogens is 1. The minimum absolute atomic E-state index is 0.0207. The quantitative estimate of drug-likeness (QED) is 0.346. The summed E-state index contributed by atoms with van der Waals surface area (Å²) in [7, 11) is 0. The lowest BCUT2D eigenvalue weighted by molar-refractivity contribution is 0.315. The number of aryl methyl sites for hydroxylation is 2. The Morgan fingerprint density at radius 2 is 2.18 bits per heavy atom. The first-order chi connectivity index (χ1) is 7.95. The van der Waals surface area contributed by atoms with Crippen molar-refractivity contribution in [3.05, 3.63) is 27.7 Å². The van der Waals surface area contributed by atoms with E-state index in [0.717, 1.165) is 10.2 Å². The minimum atomic E-state index is -0.0207. The molecular formula is C12H18BrN3O. The fraction of sp³-hybridized carbons (Fsp3) is 0.417. The van der Waals surface area contributed by atoms with E-state index >= 15 is 0 Å². The molecular weight excluding hydrogens is 282 g/mol. The highest BCUT2D eigenvalue weighted by Crippen LogP contribution is 2.27. The van der Waals surface area contributed by atoms with Crippen LogP contribution in [-0.2, 0) is 0 Å². The van der Waals surface area contributed by atoms with Crippen LogP contribution in [0.3, 0.4) is 0 Å². The molecule has 0 saturated heterocycles. The molecule has 1 rings (SSSR count). The summed E-state index contributed by atoms with van der Waals surface area (Å²) < 4.78 is 1.03. The molecule has 0 aromatic heterocycles. The van der Waals surface area contributed by atoms with E-state index in [1.54, 1.807) is 0 Å². The van der Waals surface area contributed by atoms with Crippen LogP contribution < -0.4 is 11.1 Å². The molecule has 0 saturated carbocycles. The van der Waals surface area contributed by atoms with Gasteiger partial charge in [0, 0.05) is 16.9 Å². The number of hydrogen-bond donors (Lipinski definition) is 3. The van der Waals surface area contributed by atoms with Gasteiger partial charge in [-0.3, -0.25) is 0 Å². The fourth-order valence-corrected chi connectivity index (χ4v) is 2.41. The van der Waals surface area contributed by atoms with Crippen LogP contribution in [0.1, 0.15) is 18.1 Å². The van der Waals surface area contributed by atoms with Gasteiger partial charge in [-0.25, -0.2) is 0 Å². The van der Waals surface area contributed by atoms with E-state index in [1.807, 2.05) is 13.8 Å². The molecule has 0 amide bonds. The van der Waals surface area contributed by atoms with Gasteiger partial charge >= 0.3 is 0 Å². The highest BCUT2D eigenvalue weighted by molar-refractivity contribution is 9.10. The Morgan fingerprint density at radius 3 is 2.71 bits per heavy atom. The molecule has 1 unspecified atom stereocenters. The van der Waals surface area contributed by atoms with Crippen molar-refractivity contribution < 1.29 is 5.21 Å². The van der Waals surface area contributed by atoms with Crippen molar-refractivity contribution in [3.63, 3.8) is 0 Å². The maximum absolute atomic E-state index is 8.57. The van der Waals surface area contributed by atoms with Crippen LogP contribution in [-0.4, -0.2) is 17.6 Å². The monoisotopic (exact) mass is 299 g/mol. The standard InChI is InChI=1S/C12H18BrN3O/c1-7-4-8(2)11(10(13)5-7)15-6-9(3)12(14)16-17/h4-5,9,15,17H,6H2,1-3H3,(H2,14,16). The Morgan fingerprint density at radius 1 is 1.53 bits per heavy atom. The summed E-state index contributed by atoms with van der Waals surface area (Å²) in [5.41, 5.74) is 8.96. The molecule has 4 N–H and O–H groups in total. The molecule has 0 aliphatic heterocycles. The van der Waals surface area contributed by atoms with Crippen molar-refractivity contribution >= 4 is 27.5 Å². The number of hydrogen-bond acceptors (Lipinski definition) is 3. The first-order valence-electron chi connectivity index (χ1n) is 5.43. The van der Waals surface area contributed by atoms with E-state index in [-0.39, 0.29) is 11.8 Å². The Hall–Kier alpha value is -1.23. The summed E-state index contributed by atoms with van der Waals surface area (Å²) in [4.78, 5) is 0. The second-order valence-corrected chi connectivity index (χ2v) is 5.10. The number of anilines is 1. The maximum atomic E-state index is 8.57. The zero-order chi connectivity index (χ0) is 13.0. The molecule has 5 heteroatoms. The van der Waals surface area contributed by atoms with Crippen molar-refractivity contribution in [1.29, 1.82) is 0 Å². The topological polar surface area (TPSA) is 70.6 Å². The second kappa shape index (κ2) is 5.91. The van der Waals surface area contributed by atoms with Crippen LogP contribution in [0.15, 0.2) is 21.8 Å². The first kappa shape index (κ1) is 13.8. The molecule has 94 valence electrons. The van der Waals surface area contributed by atoms with Gasteiger partial charge in [0.05, 0.1) is 5.69 Å². The summed E-state index contributed by atoms with van der Waals surface area (Å²) in [6.07, 6.45) is 0. The van der Waals surface area contributed by atoms with E-state index < -0.39 is 0 Å². The van der Waals surface area contributed by atoms with E-state index in [4.69, 9.17) is 10.9 Å². The minimum Gasteiger partial charge on any atom is -0.409 e. The van der Waals surface area contributed by atoms with Crippen molar-refractivity contribution in [3.8, 4) is 0 Å². The maximum Gasteiger partial charge on any atom is 0.143 e. The second-order valence-electron chi connectivity index (χ2n) is 4.25. The smallest absolute Gasteiger partial charge is 0.143 e. The van der Waals surface area contributed by atoms with Gasteiger partial charge in [-0.1, -0.05) is 18.1 Å². The number of nitrogens with zero attached hydrogens (tertiary/aromatic N) is 1. The molecule has 0 heterocycles. The third-order valence-electron chi connectivity index (χ3n) is 2.64. The molecule has 0 radical (unpaired) electrons. The largest absolute Gasteiger partial charge is 0.409 e. The first-order valence-corrected chi connectivity index (χ1v) is 6.23. The normalized spacial score (nSPS) is 13.5. The zero-order valence-corrected chi connectivity index (χ0v) is 11.9. The van der Waals surface area contributed by atoms with Gasteiger partial charge in [-0.15, -0.1) is 0 Å². The van der Waals surface area contributed by atoms with E-state index in [2.05, 4.69) is 45.5 Å².